The van der Waals surface area contributed by atoms with E-state index in [1.54, 1.807) is 19.9 Å². The summed E-state index contributed by atoms with van der Waals surface area (Å²) >= 11 is 3.33. The zero-order valence-corrected chi connectivity index (χ0v) is 11.3. The summed E-state index contributed by atoms with van der Waals surface area (Å²) in [6.45, 7) is 5.95. The molecule has 0 aliphatic carbocycles. The SMILES string of the molecule is CC(NCC(C)(C)O)c1ccc(F)cc1Br. The second-order valence-electron chi connectivity index (χ2n) is 4.58. The van der Waals surface area contributed by atoms with E-state index in [0.29, 0.717) is 6.54 Å². The smallest absolute Gasteiger partial charge is 0.124 e. The Morgan fingerprint density at radius 2 is 2.12 bits per heavy atom. The molecule has 2 N–H and O–H groups in total. The van der Waals surface area contributed by atoms with Crippen molar-refractivity contribution in [3.8, 4) is 0 Å². The van der Waals surface area contributed by atoms with Crippen molar-refractivity contribution in [2.75, 3.05) is 6.54 Å². The standard InChI is InChI=1S/C12H17BrFNO/c1-8(15-7-12(2,3)16)10-5-4-9(14)6-11(10)13/h4-6,8,15-16H,7H2,1-3H3. The predicted molar refractivity (Wildman–Crippen MR) is 66.8 cm³/mol. The first-order chi connectivity index (χ1) is 7.29. The van der Waals surface area contributed by atoms with Crippen LogP contribution in [0.25, 0.3) is 0 Å². The second-order valence-corrected chi connectivity index (χ2v) is 5.44. The molecule has 1 aromatic carbocycles. The predicted octanol–water partition coefficient (Wildman–Crippen LogP) is 3.01. The summed E-state index contributed by atoms with van der Waals surface area (Å²) in [5, 5.41) is 12.8. The lowest BCUT2D eigenvalue weighted by molar-refractivity contribution is 0.0770. The number of rotatable bonds is 4. The largest absolute Gasteiger partial charge is 0.389 e. The quantitative estimate of drug-likeness (QED) is 0.893. The van der Waals surface area contributed by atoms with Crippen molar-refractivity contribution < 1.29 is 9.50 Å². The van der Waals surface area contributed by atoms with Crippen LogP contribution in [0.4, 0.5) is 4.39 Å². The molecule has 1 unspecified atom stereocenters. The molecule has 90 valence electrons. The Morgan fingerprint density at radius 3 is 2.62 bits per heavy atom. The van der Waals surface area contributed by atoms with Crippen molar-refractivity contribution in [2.45, 2.75) is 32.4 Å². The summed E-state index contributed by atoms with van der Waals surface area (Å²) in [6, 6.07) is 4.67. The van der Waals surface area contributed by atoms with Crippen molar-refractivity contribution >= 4 is 15.9 Å². The number of hydrogen-bond donors (Lipinski definition) is 2. The van der Waals surface area contributed by atoms with Gasteiger partial charge in [-0.25, -0.2) is 4.39 Å². The summed E-state index contributed by atoms with van der Waals surface area (Å²) in [6.07, 6.45) is 0. The van der Waals surface area contributed by atoms with Gasteiger partial charge < -0.3 is 10.4 Å². The molecule has 0 radical (unpaired) electrons. The van der Waals surface area contributed by atoms with Crippen molar-refractivity contribution in [3.05, 3.63) is 34.1 Å². The highest BCUT2D eigenvalue weighted by Gasteiger charge is 2.15. The van der Waals surface area contributed by atoms with Crippen LogP contribution in [0, 0.1) is 5.82 Å². The van der Waals surface area contributed by atoms with Crippen molar-refractivity contribution in [1.82, 2.24) is 5.32 Å². The van der Waals surface area contributed by atoms with Gasteiger partial charge in [0.25, 0.3) is 0 Å². The van der Waals surface area contributed by atoms with Gasteiger partial charge in [-0.15, -0.1) is 0 Å². The third-order valence-corrected chi connectivity index (χ3v) is 2.96. The van der Waals surface area contributed by atoms with Gasteiger partial charge in [0.1, 0.15) is 5.82 Å². The average Bonchev–Trinajstić information content (AvgIpc) is 2.13. The van der Waals surface area contributed by atoms with Crippen LogP contribution in [0.1, 0.15) is 32.4 Å². The number of aliphatic hydroxyl groups is 1. The number of benzene rings is 1. The fraction of sp³-hybridized carbons (Fsp3) is 0.500. The lowest BCUT2D eigenvalue weighted by atomic mass is 10.1. The lowest BCUT2D eigenvalue weighted by Gasteiger charge is -2.22. The van der Waals surface area contributed by atoms with E-state index in [0.717, 1.165) is 10.0 Å². The highest BCUT2D eigenvalue weighted by atomic mass is 79.9. The van der Waals surface area contributed by atoms with Gasteiger partial charge >= 0.3 is 0 Å². The normalized spacial score (nSPS) is 13.9. The van der Waals surface area contributed by atoms with E-state index in [9.17, 15) is 9.50 Å². The molecular formula is C12H17BrFNO. The lowest BCUT2D eigenvalue weighted by Crippen LogP contribution is -2.36. The summed E-state index contributed by atoms with van der Waals surface area (Å²) in [7, 11) is 0. The van der Waals surface area contributed by atoms with Crippen LogP contribution in [-0.4, -0.2) is 17.3 Å². The van der Waals surface area contributed by atoms with Crippen LogP contribution in [0.2, 0.25) is 0 Å². The van der Waals surface area contributed by atoms with E-state index in [4.69, 9.17) is 0 Å². The van der Waals surface area contributed by atoms with E-state index in [2.05, 4.69) is 21.2 Å². The van der Waals surface area contributed by atoms with Gasteiger partial charge in [-0.3, -0.25) is 0 Å². The summed E-state index contributed by atoms with van der Waals surface area (Å²) in [4.78, 5) is 0. The van der Waals surface area contributed by atoms with Crippen LogP contribution >= 0.6 is 15.9 Å². The topological polar surface area (TPSA) is 32.3 Å². The van der Waals surface area contributed by atoms with Gasteiger partial charge in [0, 0.05) is 17.1 Å². The first-order valence-electron chi connectivity index (χ1n) is 5.20. The van der Waals surface area contributed by atoms with Gasteiger partial charge in [0.05, 0.1) is 5.60 Å². The Kier molecular flexibility index (Phi) is 4.47. The molecule has 1 atom stereocenters. The third kappa shape index (κ3) is 4.20. The third-order valence-electron chi connectivity index (χ3n) is 2.27. The molecule has 16 heavy (non-hydrogen) atoms. The molecule has 0 bridgehead atoms. The maximum absolute atomic E-state index is 12.9. The van der Waals surface area contributed by atoms with Gasteiger partial charge in [0.2, 0.25) is 0 Å². The molecule has 2 nitrogen and oxygen atoms in total. The fourth-order valence-electron chi connectivity index (χ4n) is 1.37. The Hall–Kier alpha value is -0.450. The monoisotopic (exact) mass is 289 g/mol. The maximum Gasteiger partial charge on any atom is 0.124 e. The maximum atomic E-state index is 12.9. The van der Waals surface area contributed by atoms with Crippen molar-refractivity contribution in [2.24, 2.45) is 0 Å². The Balaban J connectivity index is 2.70. The van der Waals surface area contributed by atoms with E-state index in [1.165, 1.54) is 12.1 Å². The minimum atomic E-state index is -0.749. The Labute approximate surface area is 104 Å². The highest BCUT2D eigenvalue weighted by Crippen LogP contribution is 2.24. The van der Waals surface area contributed by atoms with Gasteiger partial charge in [-0.1, -0.05) is 22.0 Å². The first-order valence-corrected chi connectivity index (χ1v) is 5.99. The van der Waals surface area contributed by atoms with E-state index in [1.807, 2.05) is 6.92 Å². The minimum absolute atomic E-state index is 0.0569. The van der Waals surface area contributed by atoms with Gasteiger partial charge in [0.15, 0.2) is 0 Å². The molecule has 0 saturated heterocycles. The molecule has 4 heteroatoms. The molecule has 1 aromatic rings. The summed E-state index contributed by atoms with van der Waals surface area (Å²) in [5.74, 6) is -0.259. The van der Waals surface area contributed by atoms with Crippen LogP contribution in [0.15, 0.2) is 22.7 Å². The molecule has 0 fully saturated rings. The zero-order chi connectivity index (χ0) is 12.3. The second kappa shape index (κ2) is 5.25. The van der Waals surface area contributed by atoms with Crippen molar-refractivity contribution in [1.29, 1.82) is 0 Å². The van der Waals surface area contributed by atoms with Crippen molar-refractivity contribution in [3.63, 3.8) is 0 Å². The van der Waals surface area contributed by atoms with Crippen LogP contribution in [-0.2, 0) is 0 Å². The highest BCUT2D eigenvalue weighted by molar-refractivity contribution is 9.10. The molecule has 0 spiro atoms. The Bertz CT molecular complexity index is 363. The first kappa shape index (κ1) is 13.6. The number of halogens is 2. The van der Waals surface area contributed by atoms with E-state index >= 15 is 0 Å². The average molecular weight is 290 g/mol. The molecular weight excluding hydrogens is 273 g/mol. The van der Waals surface area contributed by atoms with E-state index < -0.39 is 5.60 Å². The number of nitrogens with one attached hydrogen (secondary N) is 1. The molecule has 1 rings (SSSR count). The van der Waals surface area contributed by atoms with Gasteiger partial charge in [-0.2, -0.15) is 0 Å². The molecule has 0 aliphatic heterocycles. The van der Waals surface area contributed by atoms with Crippen LogP contribution in [0.3, 0.4) is 0 Å². The molecule has 0 saturated carbocycles. The summed E-state index contributed by atoms with van der Waals surface area (Å²) in [5.41, 5.74) is 0.228. The Morgan fingerprint density at radius 1 is 1.50 bits per heavy atom. The molecule has 0 amide bonds. The molecule has 0 aromatic heterocycles. The van der Waals surface area contributed by atoms with E-state index in [-0.39, 0.29) is 11.9 Å². The van der Waals surface area contributed by atoms with Crippen LogP contribution in [0.5, 0.6) is 0 Å². The fourth-order valence-corrected chi connectivity index (χ4v) is 2.06. The minimum Gasteiger partial charge on any atom is -0.389 e. The number of hydrogen-bond acceptors (Lipinski definition) is 2. The van der Waals surface area contributed by atoms with Gasteiger partial charge in [-0.05, 0) is 38.5 Å². The zero-order valence-electron chi connectivity index (χ0n) is 9.72. The molecule has 0 heterocycles. The molecule has 0 aliphatic rings. The summed E-state index contributed by atoms with van der Waals surface area (Å²) < 4.78 is 13.6. The van der Waals surface area contributed by atoms with Crippen LogP contribution < -0.4 is 5.32 Å².